The quantitative estimate of drug-likeness (QED) is 0.790. The number of hydrogen-bond acceptors (Lipinski definition) is 3. The summed E-state index contributed by atoms with van der Waals surface area (Å²) in [6.45, 7) is 4.12. The number of aliphatic hydroxyl groups is 1. The van der Waals surface area contributed by atoms with Crippen LogP contribution in [0.1, 0.15) is 30.9 Å². The van der Waals surface area contributed by atoms with Crippen molar-refractivity contribution in [1.29, 1.82) is 0 Å². The van der Waals surface area contributed by atoms with Crippen molar-refractivity contribution in [1.82, 2.24) is 19.2 Å². The van der Waals surface area contributed by atoms with Crippen LogP contribution in [0.15, 0.2) is 30.5 Å². The van der Waals surface area contributed by atoms with Crippen LogP contribution >= 0.6 is 0 Å². The Morgan fingerprint density at radius 2 is 2.05 bits per heavy atom. The van der Waals surface area contributed by atoms with E-state index < -0.39 is 0 Å². The Labute approximate surface area is 117 Å². The second kappa shape index (κ2) is 5.09. The molecule has 0 spiro atoms. The van der Waals surface area contributed by atoms with Gasteiger partial charge in [0.1, 0.15) is 5.65 Å². The number of rotatable bonds is 4. The van der Waals surface area contributed by atoms with Crippen LogP contribution in [0.3, 0.4) is 0 Å². The predicted octanol–water partition coefficient (Wildman–Crippen LogP) is 2.14. The molecule has 3 heterocycles. The standard InChI is InChI=1S/C15H18N4O/c1-3-11-9-12(4-2)19(17-11)15-13(10-20)18-8-6-5-7-14(18)16-15/h5-9,20H,3-4,10H2,1-2H3. The number of nitrogens with zero attached hydrogens (tertiary/aromatic N) is 4. The average molecular weight is 270 g/mol. The van der Waals surface area contributed by atoms with Crippen molar-refractivity contribution in [3.8, 4) is 5.82 Å². The van der Waals surface area contributed by atoms with Crippen LogP contribution in [0.4, 0.5) is 0 Å². The second-order valence-electron chi connectivity index (χ2n) is 4.71. The molecule has 0 radical (unpaired) electrons. The van der Waals surface area contributed by atoms with Crippen molar-refractivity contribution >= 4 is 5.65 Å². The third-order valence-electron chi connectivity index (χ3n) is 3.52. The molecule has 104 valence electrons. The molecular formula is C15H18N4O. The first-order chi connectivity index (χ1) is 9.78. The molecule has 5 heteroatoms. The molecule has 0 aliphatic carbocycles. The van der Waals surface area contributed by atoms with Crippen molar-refractivity contribution in [3.63, 3.8) is 0 Å². The number of pyridine rings is 1. The highest BCUT2D eigenvalue weighted by Gasteiger charge is 2.16. The van der Waals surface area contributed by atoms with Gasteiger partial charge in [-0.25, -0.2) is 9.67 Å². The number of fused-ring (bicyclic) bond motifs is 1. The average Bonchev–Trinajstić information content (AvgIpc) is 3.07. The minimum Gasteiger partial charge on any atom is -0.390 e. The summed E-state index contributed by atoms with van der Waals surface area (Å²) >= 11 is 0. The third kappa shape index (κ3) is 1.91. The van der Waals surface area contributed by atoms with E-state index in [4.69, 9.17) is 0 Å². The molecule has 3 rings (SSSR count). The van der Waals surface area contributed by atoms with E-state index in [0.29, 0.717) is 0 Å². The lowest BCUT2D eigenvalue weighted by Crippen LogP contribution is -2.06. The summed E-state index contributed by atoms with van der Waals surface area (Å²) in [7, 11) is 0. The van der Waals surface area contributed by atoms with Crippen LogP contribution in [-0.4, -0.2) is 24.3 Å². The molecule has 0 fully saturated rings. The molecule has 0 unspecified atom stereocenters. The Bertz CT molecular complexity index is 741. The number of imidazole rings is 1. The van der Waals surface area contributed by atoms with E-state index in [1.165, 1.54) is 0 Å². The van der Waals surface area contributed by atoms with E-state index in [1.807, 2.05) is 33.5 Å². The summed E-state index contributed by atoms with van der Waals surface area (Å²) in [6, 6.07) is 7.90. The fourth-order valence-corrected chi connectivity index (χ4v) is 2.43. The normalized spacial score (nSPS) is 11.3. The van der Waals surface area contributed by atoms with Gasteiger partial charge in [-0.2, -0.15) is 5.10 Å². The van der Waals surface area contributed by atoms with Crippen LogP contribution in [0.5, 0.6) is 0 Å². The Kier molecular flexibility index (Phi) is 3.28. The van der Waals surface area contributed by atoms with Crippen molar-refractivity contribution in [3.05, 3.63) is 47.5 Å². The number of aromatic nitrogens is 4. The number of hydrogen-bond donors (Lipinski definition) is 1. The summed E-state index contributed by atoms with van der Waals surface area (Å²) in [4.78, 5) is 4.61. The maximum absolute atomic E-state index is 9.69. The zero-order chi connectivity index (χ0) is 14.1. The van der Waals surface area contributed by atoms with Gasteiger partial charge in [-0.1, -0.05) is 19.9 Å². The molecule has 0 aromatic carbocycles. The van der Waals surface area contributed by atoms with E-state index in [9.17, 15) is 5.11 Å². The Morgan fingerprint density at radius 1 is 1.20 bits per heavy atom. The van der Waals surface area contributed by atoms with Gasteiger partial charge >= 0.3 is 0 Å². The van der Waals surface area contributed by atoms with Gasteiger partial charge in [0.2, 0.25) is 0 Å². The minimum absolute atomic E-state index is 0.0645. The predicted molar refractivity (Wildman–Crippen MR) is 77.0 cm³/mol. The first-order valence-corrected chi connectivity index (χ1v) is 6.93. The van der Waals surface area contributed by atoms with Gasteiger partial charge in [0.25, 0.3) is 0 Å². The molecule has 5 nitrogen and oxygen atoms in total. The van der Waals surface area contributed by atoms with Crippen molar-refractivity contribution in [2.24, 2.45) is 0 Å². The van der Waals surface area contributed by atoms with E-state index in [1.54, 1.807) is 0 Å². The lowest BCUT2D eigenvalue weighted by Gasteiger charge is -2.04. The maximum Gasteiger partial charge on any atom is 0.178 e. The van der Waals surface area contributed by atoms with E-state index >= 15 is 0 Å². The summed E-state index contributed by atoms with van der Waals surface area (Å²) in [5.41, 5.74) is 3.74. The summed E-state index contributed by atoms with van der Waals surface area (Å²) < 4.78 is 3.76. The third-order valence-corrected chi connectivity index (χ3v) is 3.52. The zero-order valence-corrected chi connectivity index (χ0v) is 11.7. The molecule has 3 aromatic rings. The molecule has 0 bridgehead atoms. The Morgan fingerprint density at radius 3 is 2.75 bits per heavy atom. The summed E-state index contributed by atoms with van der Waals surface area (Å²) in [5, 5.41) is 14.3. The van der Waals surface area contributed by atoms with E-state index in [0.717, 1.165) is 41.4 Å². The molecule has 0 aliphatic heterocycles. The highest BCUT2D eigenvalue weighted by atomic mass is 16.3. The smallest absolute Gasteiger partial charge is 0.178 e. The fraction of sp³-hybridized carbons (Fsp3) is 0.333. The molecule has 0 saturated heterocycles. The topological polar surface area (TPSA) is 55.4 Å². The van der Waals surface area contributed by atoms with Gasteiger partial charge in [-0.05, 0) is 31.0 Å². The first-order valence-electron chi connectivity index (χ1n) is 6.93. The van der Waals surface area contributed by atoms with E-state index in [-0.39, 0.29) is 6.61 Å². The number of aryl methyl sites for hydroxylation is 2. The molecule has 0 saturated carbocycles. The maximum atomic E-state index is 9.69. The zero-order valence-electron chi connectivity index (χ0n) is 11.7. The number of aliphatic hydroxyl groups excluding tert-OH is 1. The molecule has 1 N–H and O–H groups in total. The largest absolute Gasteiger partial charge is 0.390 e. The van der Waals surface area contributed by atoms with Gasteiger partial charge < -0.3 is 5.11 Å². The van der Waals surface area contributed by atoms with Crippen molar-refractivity contribution in [2.45, 2.75) is 33.3 Å². The first kappa shape index (κ1) is 12.9. The summed E-state index contributed by atoms with van der Waals surface area (Å²) in [5.74, 6) is 0.718. The molecule has 0 amide bonds. The minimum atomic E-state index is -0.0645. The van der Waals surface area contributed by atoms with Gasteiger partial charge in [-0.15, -0.1) is 0 Å². The lowest BCUT2D eigenvalue weighted by molar-refractivity contribution is 0.275. The highest BCUT2D eigenvalue weighted by molar-refractivity contribution is 5.48. The lowest BCUT2D eigenvalue weighted by atomic mass is 10.2. The molecule has 0 atom stereocenters. The Hall–Kier alpha value is -2.14. The van der Waals surface area contributed by atoms with Crippen LogP contribution < -0.4 is 0 Å². The van der Waals surface area contributed by atoms with Crippen LogP contribution in [0.2, 0.25) is 0 Å². The Balaban J connectivity index is 2.26. The molecule has 20 heavy (non-hydrogen) atoms. The highest BCUT2D eigenvalue weighted by Crippen LogP contribution is 2.19. The van der Waals surface area contributed by atoms with Crippen LogP contribution in [-0.2, 0) is 19.4 Å². The van der Waals surface area contributed by atoms with Gasteiger partial charge in [0.05, 0.1) is 18.0 Å². The fourth-order valence-electron chi connectivity index (χ4n) is 2.43. The monoisotopic (exact) mass is 270 g/mol. The molecular weight excluding hydrogens is 252 g/mol. The van der Waals surface area contributed by atoms with Crippen LogP contribution in [0.25, 0.3) is 11.5 Å². The molecule has 0 aliphatic rings. The van der Waals surface area contributed by atoms with Crippen molar-refractivity contribution in [2.75, 3.05) is 0 Å². The van der Waals surface area contributed by atoms with E-state index in [2.05, 4.69) is 30.0 Å². The van der Waals surface area contributed by atoms with Crippen LogP contribution in [0, 0.1) is 0 Å². The SMILES string of the molecule is CCc1cc(CC)n(-c2nc3ccccn3c2CO)n1. The van der Waals surface area contributed by atoms with Gasteiger partial charge in [0, 0.05) is 11.9 Å². The molecule has 3 aromatic heterocycles. The van der Waals surface area contributed by atoms with Gasteiger partial charge in [-0.3, -0.25) is 4.40 Å². The summed E-state index contributed by atoms with van der Waals surface area (Å²) in [6.07, 6.45) is 3.68. The second-order valence-corrected chi connectivity index (χ2v) is 4.71. The van der Waals surface area contributed by atoms with Crippen molar-refractivity contribution < 1.29 is 5.11 Å². The van der Waals surface area contributed by atoms with Gasteiger partial charge in [0.15, 0.2) is 5.82 Å².